The molecule has 0 bridgehead atoms. The van der Waals surface area contributed by atoms with Crippen molar-refractivity contribution in [2.24, 2.45) is 5.73 Å². The van der Waals surface area contributed by atoms with Crippen molar-refractivity contribution in [2.75, 3.05) is 6.54 Å². The van der Waals surface area contributed by atoms with E-state index >= 15 is 0 Å². The summed E-state index contributed by atoms with van der Waals surface area (Å²) in [5, 5.41) is 0. The molecule has 2 rings (SSSR count). The molecule has 0 spiro atoms. The maximum absolute atomic E-state index is 5.54. The highest BCUT2D eigenvalue weighted by molar-refractivity contribution is 5.69. The van der Waals surface area contributed by atoms with Crippen molar-refractivity contribution in [3.8, 4) is 0 Å². The second-order valence-electron chi connectivity index (χ2n) is 3.48. The molecule has 68 valence electrons. The van der Waals surface area contributed by atoms with Crippen molar-refractivity contribution in [1.82, 2.24) is 0 Å². The highest BCUT2D eigenvalue weighted by Gasteiger charge is 2.11. The van der Waals surface area contributed by atoms with Gasteiger partial charge in [-0.15, -0.1) is 0 Å². The van der Waals surface area contributed by atoms with Crippen LogP contribution < -0.4 is 5.73 Å². The van der Waals surface area contributed by atoms with Gasteiger partial charge in [0.2, 0.25) is 0 Å². The molecule has 2 N–H and O–H groups in total. The number of aryl methyl sites for hydroxylation is 1. The first-order valence-corrected chi connectivity index (χ1v) is 4.89. The van der Waals surface area contributed by atoms with Crippen LogP contribution >= 0.6 is 0 Å². The zero-order valence-electron chi connectivity index (χ0n) is 7.79. The molecule has 0 saturated carbocycles. The topological polar surface area (TPSA) is 26.0 Å². The van der Waals surface area contributed by atoms with Crippen molar-refractivity contribution >= 4 is 5.57 Å². The summed E-state index contributed by atoms with van der Waals surface area (Å²) in [7, 11) is 0. The number of rotatable bonds is 1. The summed E-state index contributed by atoms with van der Waals surface area (Å²) >= 11 is 0. The van der Waals surface area contributed by atoms with Gasteiger partial charge in [-0.2, -0.15) is 0 Å². The van der Waals surface area contributed by atoms with Gasteiger partial charge < -0.3 is 5.73 Å². The van der Waals surface area contributed by atoms with E-state index in [1.165, 1.54) is 36.0 Å². The van der Waals surface area contributed by atoms with Gasteiger partial charge in [0.1, 0.15) is 0 Å². The molecule has 0 aromatic heterocycles. The molecule has 1 aromatic carbocycles. The Labute approximate surface area is 79.3 Å². The molecule has 13 heavy (non-hydrogen) atoms. The van der Waals surface area contributed by atoms with E-state index in [2.05, 4.69) is 30.3 Å². The normalized spacial score (nSPS) is 18.7. The SMILES string of the molecule is NC/C=C1\CCCc2ccccc21. The Bertz CT molecular complexity index is 326. The molecule has 0 heterocycles. The van der Waals surface area contributed by atoms with Crippen LogP contribution in [0.2, 0.25) is 0 Å². The Morgan fingerprint density at radius 3 is 2.92 bits per heavy atom. The van der Waals surface area contributed by atoms with Gasteiger partial charge in [-0.1, -0.05) is 30.3 Å². The van der Waals surface area contributed by atoms with Gasteiger partial charge in [-0.25, -0.2) is 0 Å². The molecule has 1 heteroatoms. The summed E-state index contributed by atoms with van der Waals surface area (Å²) in [6.07, 6.45) is 5.83. The average Bonchev–Trinajstić information content (AvgIpc) is 2.19. The quantitative estimate of drug-likeness (QED) is 0.693. The standard InChI is InChI=1S/C12H15N/c13-9-8-11-6-3-5-10-4-1-2-7-12(10)11/h1-2,4,7-8H,3,5-6,9,13H2/b11-8+. The average molecular weight is 173 g/mol. The first-order valence-electron chi connectivity index (χ1n) is 4.89. The number of hydrogen-bond donors (Lipinski definition) is 1. The Kier molecular flexibility index (Phi) is 2.46. The van der Waals surface area contributed by atoms with Gasteiger partial charge in [0.05, 0.1) is 0 Å². The fourth-order valence-electron chi connectivity index (χ4n) is 2.01. The molecule has 1 aromatic rings. The van der Waals surface area contributed by atoms with Crippen LogP contribution in [0, 0.1) is 0 Å². The van der Waals surface area contributed by atoms with E-state index in [4.69, 9.17) is 5.73 Å². The van der Waals surface area contributed by atoms with Crippen molar-refractivity contribution in [2.45, 2.75) is 19.3 Å². The lowest BCUT2D eigenvalue weighted by Gasteiger charge is -2.18. The van der Waals surface area contributed by atoms with Gasteiger partial charge in [-0.05, 0) is 36.0 Å². The predicted molar refractivity (Wildman–Crippen MR) is 56.4 cm³/mol. The highest BCUT2D eigenvalue weighted by Crippen LogP contribution is 2.29. The molecule has 0 saturated heterocycles. The fourth-order valence-corrected chi connectivity index (χ4v) is 2.01. The van der Waals surface area contributed by atoms with E-state index < -0.39 is 0 Å². The van der Waals surface area contributed by atoms with Crippen molar-refractivity contribution in [3.63, 3.8) is 0 Å². The summed E-state index contributed by atoms with van der Waals surface area (Å²) in [6, 6.07) is 8.65. The van der Waals surface area contributed by atoms with Crippen LogP contribution in [0.5, 0.6) is 0 Å². The minimum absolute atomic E-state index is 0.656. The zero-order valence-corrected chi connectivity index (χ0v) is 7.79. The van der Waals surface area contributed by atoms with Gasteiger partial charge in [0.25, 0.3) is 0 Å². The number of fused-ring (bicyclic) bond motifs is 1. The molecule has 0 amide bonds. The Hall–Kier alpha value is -1.08. The largest absolute Gasteiger partial charge is 0.327 e. The fraction of sp³-hybridized carbons (Fsp3) is 0.333. The number of hydrogen-bond acceptors (Lipinski definition) is 1. The van der Waals surface area contributed by atoms with Crippen molar-refractivity contribution < 1.29 is 0 Å². The maximum atomic E-state index is 5.54. The molecular formula is C12H15N. The highest BCUT2D eigenvalue weighted by atomic mass is 14.5. The van der Waals surface area contributed by atoms with Crippen LogP contribution in [0.25, 0.3) is 5.57 Å². The van der Waals surface area contributed by atoms with E-state index in [-0.39, 0.29) is 0 Å². The molecule has 0 atom stereocenters. The van der Waals surface area contributed by atoms with E-state index in [1.54, 1.807) is 0 Å². The van der Waals surface area contributed by atoms with Crippen LogP contribution in [0.15, 0.2) is 30.3 Å². The molecule has 0 unspecified atom stereocenters. The number of nitrogens with two attached hydrogens (primary N) is 1. The smallest absolute Gasteiger partial charge is 0.0112 e. The third kappa shape index (κ3) is 1.65. The van der Waals surface area contributed by atoms with Crippen molar-refractivity contribution in [3.05, 3.63) is 41.5 Å². The molecule has 1 nitrogen and oxygen atoms in total. The summed E-state index contributed by atoms with van der Waals surface area (Å²) in [5.41, 5.74) is 9.87. The van der Waals surface area contributed by atoms with Crippen LogP contribution in [0.3, 0.4) is 0 Å². The first kappa shape index (κ1) is 8.52. The number of allylic oxidation sites excluding steroid dienone is 1. The predicted octanol–water partition coefficient (Wildman–Crippen LogP) is 2.37. The van der Waals surface area contributed by atoms with Crippen LogP contribution in [0.4, 0.5) is 0 Å². The summed E-state index contributed by atoms with van der Waals surface area (Å²) in [6.45, 7) is 0.656. The lowest BCUT2D eigenvalue weighted by molar-refractivity contribution is 0.820. The van der Waals surface area contributed by atoms with Gasteiger partial charge in [-0.3, -0.25) is 0 Å². The third-order valence-electron chi connectivity index (χ3n) is 2.62. The van der Waals surface area contributed by atoms with Gasteiger partial charge in [0, 0.05) is 6.54 Å². The molecule has 1 aliphatic rings. The first-order chi connectivity index (χ1) is 6.42. The van der Waals surface area contributed by atoms with Crippen LogP contribution in [-0.2, 0) is 6.42 Å². The Balaban J connectivity index is 2.42. The van der Waals surface area contributed by atoms with E-state index in [9.17, 15) is 0 Å². The minimum Gasteiger partial charge on any atom is -0.327 e. The molecule has 1 aliphatic carbocycles. The molecular weight excluding hydrogens is 158 g/mol. The number of benzene rings is 1. The van der Waals surface area contributed by atoms with E-state index in [0.29, 0.717) is 6.54 Å². The van der Waals surface area contributed by atoms with E-state index in [0.717, 1.165) is 0 Å². The van der Waals surface area contributed by atoms with Gasteiger partial charge >= 0.3 is 0 Å². The molecule has 0 fully saturated rings. The minimum atomic E-state index is 0.656. The summed E-state index contributed by atoms with van der Waals surface area (Å²) < 4.78 is 0. The van der Waals surface area contributed by atoms with Gasteiger partial charge in [0.15, 0.2) is 0 Å². The van der Waals surface area contributed by atoms with Crippen LogP contribution in [0.1, 0.15) is 24.0 Å². The summed E-state index contributed by atoms with van der Waals surface area (Å²) in [5.74, 6) is 0. The Morgan fingerprint density at radius 2 is 2.08 bits per heavy atom. The summed E-state index contributed by atoms with van der Waals surface area (Å²) in [4.78, 5) is 0. The Morgan fingerprint density at radius 1 is 1.23 bits per heavy atom. The third-order valence-corrected chi connectivity index (χ3v) is 2.62. The van der Waals surface area contributed by atoms with Crippen LogP contribution in [-0.4, -0.2) is 6.54 Å². The molecule has 0 radical (unpaired) electrons. The molecule has 0 aliphatic heterocycles. The second kappa shape index (κ2) is 3.75. The monoisotopic (exact) mass is 173 g/mol. The zero-order chi connectivity index (χ0) is 9.10. The van der Waals surface area contributed by atoms with Crippen molar-refractivity contribution in [1.29, 1.82) is 0 Å². The van der Waals surface area contributed by atoms with E-state index in [1.807, 2.05) is 0 Å². The lowest BCUT2D eigenvalue weighted by Crippen LogP contribution is -2.03. The second-order valence-corrected chi connectivity index (χ2v) is 3.48. The maximum Gasteiger partial charge on any atom is 0.0112 e. The lowest BCUT2D eigenvalue weighted by atomic mass is 9.87.